The van der Waals surface area contributed by atoms with Crippen molar-refractivity contribution in [1.82, 2.24) is 15.3 Å². The molecule has 5 heteroatoms. The SMILES string of the molecule is CNCc1cncc(-c2nc3cc(CO)ccc3s2)c1. The van der Waals surface area contributed by atoms with E-state index in [1.54, 1.807) is 11.3 Å². The molecule has 0 unspecified atom stereocenters. The zero-order valence-corrected chi connectivity index (χ0v) is 11.9. The van der Waals surface area contributed by atoms with Crippen molar-refractivity contribution in [3.8, 4) is 10.6 Å². The standard InChI is InChI=1S/C15H15N3OS/c1-16-6-11-4-12(8-17-7-11)15-18-13-5-10(9-19)2-3-14(13)20-15/h2-5,7-8,16,19H,6,9H2,1H3. The molecule has 1 aromatic carbocycles. The van der Waals surface area contributed by atoms with E-state index in [-0.39, 0.29) is 6.61 Å². The lowest BCUT2D eigenvalue weighted by Gasteiger charge is -2.01. The van der Waals surface area contributed by atoms with Crippen molar-refractivity contribution in [1.29, 1.82) is 0 Å². The van der Waals surface area contributed by atoms with Gasteiger partial charge in [0.1, 0.15) is 5.01 Å². The van der Waals surface area contributed by atoms with Gasteiger partial charge in [-0.25, -0.2) is 4.98 Å². The Bertz CT molecular complexity index is 739. The molecule has 0 fully saturated rings. The molecule has 102 valence electrons. The first-order valence-electron chi connectivity index (χ1n) is 6.39. The molecule has 3 aromatic rings. The average molecular weight is 285 g/mol. The summed E-state index contributed by atoms with van der Waals surface area (Å²) < 4.78 is 1.12. The van der Waals surface area contributed by atoms with Gasteiger partial charge in [-0.2, -0.15) is 0 Å². The molecule has 2 heterocycles. The molecule has 0 saturated carbocycles. The second-order valence-electron chi connectivity index (χ2n) is 4.59. The molecule has 0 aliphatic carbocycles. The number of pyridine rings is 1. The Hall–Kier alpha value is -1.82. The van der Waals surface area contributed by atoms with Crippen LogP contribution >= 0.6 is 11.3 Å². The van der Waals surface area contributed by atoms with Crippen LogP contribution in [-0.4, -0.2) is 22.1 Å². The Morgan fingerprint density at radius 2 is 2.10 bits per heavy atom. The lowest BCUT2D eigenvalue weighted by atomic mass is 10.2. The van der Waals surface area contributed by atoms with Gasteiger partial charge in [-0.05, 0) is 36.4 Å². The number of hydrogen-bond donors (Lipinski definition) is 2. The number of hydrogen-bond acceptors (Lipinski definition) is 5. The quantitative estimate of drug-likeness (QED) is 0.773. The fourth-order valence-electron chi connectivity index (χ4n) is 2.10. The molecule has 0 spiro atoms. The van der Waals surface area contributed by atoms with Crippen LogP contribution < -0.4 is 5.32 Å². The van der Waals surface area contributed by atoms with Crippen molar-refractivity contribution >= 4 is 21.6 Å². The van der Waals surface area contributed by atoms with Gasteiger partial charge in [-0.1, -0.05) is 6.07 Å². The highest BCUT2D eigenvalue weighted by molar-refractivity contribution is 7.21. The third kappa shape index (κ3) is 2.56. The van der Waals surface area contributed by atoms with Crippen LogP contribution in [0.3, 0.4) is 0 Å². The highest BCUT2D eigenvalue weighted by Gasteiger charge is 2.08. The number of fused-ring (bicyclic) bond motifs is 1. The Labute approximate surface area is 121 Å². The third-order valence-electron chi connectivity index (χ3n) is 3.06. The summed E-state index contributed by atoms with van der Waals surface area (Å²) >= 11 is 1.64. The first kappa shape index (κ1) is 13.2. The summed E-state index contributed by atoms with van der Waals surface area (Å²) in [6.07, 6.45) is 3.70. The van der Waals surface area contributed by atoms with Gasteiger partial charge in [0.05, 0.1) is 16.8 Å². The van der Waals surface area contributed by atoms with Gasteiger partial charge in [0.2, 0.25) is 0 Å². The van der Waals surface area contributed by atoms with Gasteiger partial charge < -0.3 is 10.4 Å². The molecule has 4 nitrogen and oxygen atoms in total. The molecule has 2 aromatic heterocycles. The zero-order chi connectivity index (χ0) is 13.9. The molecular weight excluding hydrogens is 270 g/mol. The van der Waals surface area contributed by atoms with E-state index in [0.29, 0.717) is 0 Å². The minimum absolute atomic E-state index is 0.0437. The van der Waals surface area contributed by atoms with Crippen LogP contribution in [0, 0.1) is 0 Å². The van der Waals surface area contributed by atoms with E-state index < -0.39 is 0 Å². The van der Waals surface area contributed by atoms with Gasteiger partial charge in [-0.15, -0.1) is 11.3 Å². The molecular formula is C15H15N3OS. The van der Waals surface area contributed by atoms with Gasteiger partial charge in [-0.3, -0.25) is 4.98 Å². The predicted molar refractivity (Wildman–Crippen MR) is 81.5 cm³/mol. The summed E-state index contributed by atoms with van der Waals surface area (Å²) in [5, 5.41) is 13.3. The van der Waals surface area contributed by atoms with E-state index in [9.17, 15) is 5.11 Å². The van der Waals surface area contributed by atoms with Crippen LogP contribution in [0.1, 0.15) is 11.1 Å². The summed E-state index contributed by atoms with van der Waals surface area (Å²) in [6.45, 7) is 0.836. The molecule has 0 saturated heterocycles. The zero-order valence-electron chi connectivity index (χ0n) is 11.1. The van der Waals surface area contributed by atoms with Crippen molar-refractivity contribution in [2.24, 2.45) is 0 Å². The summed E-state index contributed by atoms with van der Waals surface area (Å²) in [5.74, 6) is 0. The molecule has 0 atom stereocenters. The highest BCUT2D eigenvalue weighted by Crippen LogP contribution is 2.30. The lowest BCUT2D eigenvalue weighted by molar-refractivity contribution is 0.282. The topological polar surface area (TPSA) is 58.0 Å². The molecule has 0 aliphatic rings. The molecule has 20 heavy (non-hydrogen) atoms. The van der Waals surface area contributed by atoms with Gasteiger partial charge in [0.25, 0.3) is 0 Å². The number of thiazole rings is 1. The fourth-order valence-corrected chi connectivity index (χ4v) is 3.03. The van der Waals surface area contributed by atoms with Crippen molar-refractivity contribution in [3.05, 3.63) is 47.8 Å². The van der Waals surface area contributed by atoms with E-state index in [2.05, 4.69) is 21.4 Å². The Morgan fingerprint density at radius 3 is 2.90 bits per heavy atom. The maximum atomic E-state index is 9.18. The Kier molecular flexibility index (Phi) is 3.73. The largest absolute Gasteiger partial charge is 0.392 e. The smallest absolute Gasteiger partial charge is 0.126 e. The minimum Gasteiger partial charge on any atom is -0.392 e. The Balaban J connectivity index is 2.03. The van der Waals surface area contributed by atoms with Gasteiger partial charge in [0.15, 0.2) is 0 Å². The number of nitrogens with zero attached hydrogens (tertiary/aromatic N) is 2. The first-order valence-corrected chi connectivity index (χ1v) is 7.21. The van der Waals surface area contributed by atoms with Crippen LogP contribution in [0.4, 0.5) is 0 Å². The average Bonchev–Trinajstić information content (AvgIpc) is 2.90. The van der Waals surface area contributed by atoms with Gasteiger partial charge >= 0.3 is 0 Å². The molecule has 0 radical (unpaired) electrons. The number of nitrogens with one attached hydrogen (secondary N) is 1. The molecule has 2 N–H and O–H groups in total. The molecule has 3 rings (SSSR count). The van der Waals surface area contributed by atoms with Crippen LogP contribution in [0.5, 0.6) is 0 Å². The van der Waals surface area contributed by atoms with Crippen molar-refractivity contribution < 1.29 is 5.11 Å². The fraction of sp³-hybridized carbons (Fsp3) is 0.200. The third-order valence-corrected chi connectivity index (χ3v) is 4.14. The number of benzene rings is 1. The maximum absolute atomic E-state index is 9.18. The number of rotatable bonds is 4. The normalized spacial score (nSPS) is 11.1. The lowest BCUT2D eigenvalue weighted by Crippen LogP contribution is -2.05. The van der Waals surface area contributed by atoms with Crippen molar-refractivity contribution in [2.45, 2.75) is 13.2 Å². The summed E-state index contributed by atoms with van der Waals surface area (Å²) in [7, 11) is 1.92. The van der Waals surface area contributed by atoms with Crippen molar-refractivity contribution in [2.75, 3.05) is 7.05 Å². The first-order chi connectivity index (χ1) is 9.80. The van der Waals surface area contributed by atoms with E-state index in [0.717, 1.165) is 38.5 Å². The monoisotopic (exact) mass is 285 g/mol. The van der Waals surface area contributed by atoms with Crippen molar-refractivity contribution in [3.63, 3.8) is 0 Å². The van der Waals surface area contributed by atoms with Crippen LogP contribution in [0.2, 0.25) is 0 Å². The number of aliphatic hydroxyl groups excluding tert-OH is 1. The summed E-state index contributed by atoms with van der Waals surface area (Å²) in [6, 6.07) is 7.97. The van der Waals surface area contributed by atoms with Crippen LogP contribution in [0.15, 0.2) is 36.7 Å². The van der Waals surface area contributed by atoms with E-state index in [1.807, 2.05) is 37.6 Å². The summed E-state index contributed by atoms with van der Waals surface area (Å²) in [4.78, 5) is 8.91. The highest BCUT2D eigenvalue weighted by atomic mass is 32.1. The number of aromatic nitrogens is 2. The minimum atomic E-state index is 0.0437. The van der Waals surface area contributed by atoms with Crippen LogP contribution in [-0.2, 0) is 13.2 Å². The molecule has 0 amide bonds. The van der Waals surface area contributed by atoms with E-state index >= 15 is 0 Å². The number of aliphatic hydroxyl groups is 1. The molecule has 0 bridgehead atoms. The predicted octanol–water partition coefficient (Wildman–Crippen LogP) is 2.57. The van der Waals surface area contributed by atoms with E-state index in [1.165, 1.54) is 0 Å². The Morgan fingerprint density at radius 1 is 1.20 bits per heavy atom. The second kappa shape index (κ2) is 5.66. The van der Waals surface area contributed by atoms with E-state index in [4.69, 9.17) is 0 Å². The van der Waals surface area contributed by atoms with Crippen LogP contribution in [0.25, 0.3) is 20.8 Å². The van der Waals surface area contributed by atoms with Gasteiger partial charge in [0, 0.05) is 24.5 Å². The maximum Gasteiger partial charge on any atom is 0.126 e. The molecule has 0 aliphatic heterocycles. The second-order valence-corrected chi connectivity index (χ2v) is 5.62. The summed E-state index contributed by atoms with van der Waals surface area (Å²) in [5.41, 5.74) is 3.98.